The first-order valence-corrected chi connectivity index (χ1v) is 9.37. The Kier molecular flexibility index (Phi) is 4.64. The average Bonchev–Trinajstić information content (AvgIpc) is 3.09. The Morgan fingerprint density at radius 1 is 1.04 bits per heavy atom. The van der Waals surface area contributed by atoms with Crippen LogP contribution in [0.2, 0.25) is 0 Å². The summed E-state index contributed by atoms with van der Waals surface area (Å²) in [7, 11) is -2.37. The van der Waals surface area contributed by atoms with E-state index in [2.05, 4.69) is 20.7 Å². The third kappa shape index (κ3) is 3.32. The molecule has 1 aromatic heterocycles. The maximum Gasteiger partial charge on any atom is 0.265 e. The number of rotatable bonds is 5. The van der Waals surface area contributed by atoms with Gasteiger partial charge in [0.05, 0.1) is 18.5 Å². The van der Waals surface area contributed by atoms with E-state index in [4.69, 9.17) is 4.74 Å². The first-order chi connectivity index (χ1) is 11.5. The van der Waals surface area contributed by atoms with E-state index in [0.29, 0.717) is 10.2 Å². The van der Waals surface area contributed by atoms with Crippen LogP contribution in [-0.2, 0) is 10.0 Å². The minimum absolute atomic E-state index is 0.0710. The molecule has 5 nitrogen and oxygen atoms in total. The zero-order valence-electron chi connectivity index (χ0n) is 12.8. The van der Waals surface area contributed by atoms with Gasteiger partial charge in [-0.3, -0.25) is 4.72 Å². The van der Waals surface area contributed by atoms with Gasteiger partial charge >= 0.3 is 0 Å². The van der Waals surface area contributed by atoms with E-state index in [1.54, 1.807) is 24.3 Å². The van der Waals surface area contributed by atoms with E-state index < -0.39 is 10.0 Å². The summed E-state index contributed by atoms with van der Waals surface area (Å²) in [5.41, 5.74) is 1.22. The summed E-state index contributed by atoms with van der Waals surface area (Å²) in [5.74, 6) is 0.282. The summed E-state index contributed by atoms with van der Waals surface area (Å²) < 4.78 is 36.0. The second kappa shape index (κ2) is 6.70. The molecule has 0 radical (unpaired) electrons. The Hall–Kier alpha value is -2.25. The van der Waals surface area contributed by atoms with Crippen molar-refractivity contribution >= 4 is 31.6 Å². The van der Waals surface area contributed by atoms with E-state index in [-0.39, 0.29) is 10.6 Å². The van der Waals surface area contributed by atoms with Crippen molar-refractivity contribution in [1.82, 2.24) is 4.57 Å². The molecule has 24 heavy (non-hydrogen) atoms. The molecule has 124 valence electrons. The number of anilines is 1. The first-order valence-electron chi connectivity index (χ1n) is 7.10. The third-order valence-electron chi connectivity index (χ3n) is 3.45. The summed E-state index contributed by atoms with van der Waals surface area (Å²) >= 11 is 3.30. The monoisotopic (exact) mass is 406 g/mol. The number of hydrogen-bond donors (Lipinski definition) is 1. The molecule has 2 aromatic carbocycles. The third-order valence-corrected chi connectivity index (χ3v) is 5.33. The van der Waals surface area contributed by atoms with Crippen molar-refractivity contribution in [3.8, 4) is 11.4 Å². The number of benzene rings is 2. The molecule has 1 N–H and O–H groups in total. The molecule has 0 spiro atoms. The minimum Gasteiger partial charge on any atom is -0.495 e. The Morgan fingerprint density at radius 3 is 2.46 bits per heavy atom. The standard InChI is InChI=1S/C17H15BrN2O3S/c1-23-16-9-8-13(18)12-17(16)24(21,22)19-14-6-2-3-7-15(14)20-10-4-5-11-20/h2-12,19H,1H3. The molecule has 7 heteroatoms. The number of halogens is 1. The summed E-state index contributed by atoms with van der Waals surface area (Å²) in [6.45, 7) is 0. The largest absolute Gasteiger partial charge is 0.495 e. The highest BCUT2D eigenvalue weighted by Gasteiger charge is 2.21. The topological polar surface area (TPSA) is 60.3 Å². The zero-order chi connectivity index (χ0) is 17.2. The lowest BCUT2D eigenvalue weighted by Gasteiger charge is -2.15. The highest BCUT2D eigenvalue weighted by Crippen LogP contribution is 2.30. The number of nitrogens with one attached hydrogen (secondary N) is 1. The van der Waals surface area contributed by atoms with Crippen LogP contribution < -0.4 is 9.46 Å². The van der Waals surface area contributed by atoms with Crippen molar-refractivity contribution in [2.45, 2.75) is 4.90 Å². The molecule has 0 fully saturated rings. The smallest absolute Gasteiger partial charge is 0.265 e. The van der Waals surface area contributed by atoms with Crippen LogP contribution in [0.25, 0.3) is 5.69 Å². The molecule has 0 amide bonds. The number of hydrogen-bond acceptors (Lipinski definition) is 3. The predicted octanol–water partition coefficient (Wildman–Crippen LogP) is 4.05. The van der Waals surface area contributed by atoms with Crippen LogP contribution >= 0.6 is 15.9 Å². The van der Waals surface area contributed by atoms with Crippen molar-refractivity contribution in [2.75, 3.05) is 11.8 Å². The molecule has 0 aliphatic heterocycles. The van der Waals surface area contributed by atoms with E-state index in [1.165, 1.54) is 13.2 Å². The maximum atomic E-state index is 12.8. The predicted molar refractivity (Wildman–Crippen MR) is 97.3 cm³/mol. The van der Waals surface area contributed by atoms with E-state index in [0.717, 1.165) is 5.69 Å². The number of aromatic nitrogens is 1. The normalized spacial score (nSPS) is 11.2. The van der Waals surface area contributed by atoms with Crippen molar-refractivity contribution in [3.05, 3.63) is 71.5 Å². The molecule has 3 rings (SSSR count). The van der Waals surface area contributed by atoms with Crippen LogP contribution in [0.4, 0.5) is 5.69 Å². The second-order valence-electron chi connectivity index (χ2n) is 5.01. The number of methoxy groups -OCH3 is 1. The molecular weight excluding hydrogens is 392 g/mol. The molecule has 0 aliphatic rings. The Bertz CT molecular complexity index is 954. The lowest BCUT2D eigenvalue weighted by atomic mass is 10.3. The Labute approximate surface area is 149 Å². The molecule has 0 bridgehead atoms. The lowest BCUT2D eigenvalue weighted by Crippen LogP contribution is -2.15. The fourth-order valence-corrected chi connectivity index (χ4v) is 4.12. The van der Waals surface area contributed by atoms with E-state index in [1.807, 2.05) is 41.2 Å². The number of para-hydroxylation sites is 2. The van der Waals surface area contributed by atoms with Gasteiger partial charge in [-0.25, -0.2) is 8.42 Å². The Balaban J connectivity index is 2.04. The summed E-state index contributed by atoms with van der Waals surface area (Å²) in [5, 5.41) is 0. The fourth-order valence-electron chi connectivity index (χ4n) is 2.34. The highest BCUT2D eigenvalue weighted by atomic mass is 79.9. The SMILES string of the molecule is COc1ccc(Br)cc1S(=O)(=O)Nc1ccccc1-n1cccc1. The van der Waals surface area contributed by atoms with Crippen LogP contribution in [0.15, 0.2) is 76.4 Å². The summed E-state index contributed by atoms with van der Waals surface area (Å²) in [6, 6.07) is 15.8. The average molecular weight is 407 g/mol. The second-order valence-corrected chi connectivity index (χ2v) is 7.57. The van der Waals surface area contributed by atoms with Gasteiger partial charge in [-0.15, -0.1) is 0 Å². The number of nitrogens with zero attached hydrogens (tertiary/aromatic N) is 1. The van der Waals surface area contributed by atoms with Crippen LogP contribution in [0, 0.1) is 0 Å². The molecule has 0 unspecified atom stereocenters. The van der Waals surface area contributed by atoms with Gasteiger partial charge in [-0.2, -0.15) is 0 Å². The van der Waals surface area contributed by atoms with Crippen molar-refractivity contribution < 1.29 is 13.2 Å². The zero-order valence-corrected chi connectivity index (χ0v) is 15.2. The maximum absolute atomic E-state index is 12.8. The van der Waals surface area contributed by atoms with Gasteiger partial charge in [0.15, 0.2) is 0 Å². The molecular formula is C17H15BrN2O3S. The van der Waals surface area contributed by atoms with Crippen molar-refractivity contribution in [3.63, 3.8) is 0 Å². The molecule has 0 aliphatic carbocycles. The van der Waals surface area contributed by atoms with E-state index >= 15 is 0 Å². The van der Waals surface area contributed by atoms with Gasteiger partial charge in [0, 0.05) is 16.9 Å². The van der Waals surface area contributed by atoms with Gasteiger partial charge in [0.25, 0.3) is 10.0 Å². The fraction of sp³-hybridized carbons (Fsp3) is 0.0588. The van der Waals surface area contributed by atoms with E-state index in [9.17, 15) is 8.42 Å². The molecule has 3 aromatic rings. The van der Waals surface area contributed by atoms with Gasteiger partial charge in [0.2, 0.25) is 0 Å². The number of ether oxygens (including phenoxy) is 1. The minimum atomic E-state index is -3.81. The first kappa shape index (κ1) is 16.6. The molecule has 0 atom stereocenters. The lowest BCUT2D eigenvalue weighted by molar-refractivity contribution is 0.403. The Morgan fingerprint density at radius 2 is 1.75 bits per heavy atom. The van der Waals surface area contributed by atoms with Crippen LogP contribution in [0.5, 0.6) is 5.75 Å². The summed E-state index contributed by atoms with van der Waals surface area (Å²) in [4.78, 5) is 0.0710. The van der Waals surface area contributed by atoms with Crippen molar-refractivity contribution in [1.29, 1.82) is 0 Å². The molecule has 0 saturated carbocycles. The quantitative estimate of drug-likeness (QED) is 0.694. The summed E-state index contributed by atoms with van der Waals surface area (Å²) in [6.07, 6.45) is 3.71. The van der Waals surface area contributed by atoms with Gasteiger partial charge in [0.1, 0.15) is 10.6 Å². The van der Waals surface area contributed by atoms with Gasteiger partial charge in [-0.1, -0.05) is 28.1 Å². The molecule has 1 heterocycles. The van der Waals surface area contributed by atoms with Crippen LogP contribution in [-0.4, -0.2) is 20.1 Å². The van der Waals surface area contributed by atoms with Crippen molar-refractivity contribution in [2.24, 2.45) is 0 Å². The van der Waals surface area contributed by atoms with Gasteiger partial charge < -0.3 is 9.30 Å². The van der Waals surface area contributed by atoms with Gasteiger partial charge in [-0.05, 0) is 42.5 Å². The molecule has 0 saturated heterocycles. The highest BCUT2D eigenvalue weighted by molar-refractivity contribution is 9.10. The van der Waals surface area contributed by atoms with Crippen LogP contribution in [0.3, 0.4) is 0 Å². The number of sulfonamides is 1. The van der Waals surface area contributed by atoms with Crippen LogP contribution in [0.1, 0.15) is 0 Å².